The van der Waals surface area contributed by atoms with Gasteiger partial charge in [-0.3, -0.25) is 9.48 Å². The highest BCUT2D eigenvalue weighted by molar-refractivity contribution is 6.04. The van der Waals surface area contributed by atoms with Crippen LogP contribution in [0.5, 0.6) is 0 Å². The van der Waals surface area contributed by atoms with Crippen LogP contribution < -0.4 is 10.6 Å². The molecule has 0 aliphatic carbocycles. The Bertz CT molecular complexity index is 1530. The van der Waals surface area contributed by atoms with Crippen molar-refractivity contribution in [2.75, 3.05) is 5.32 Å². The molecule has 0 spiro atoms. The highest BCUT2D eigenvalue weighted by Gasteiger charge is 2.34. The summed E-state index contributed by atoms with van der Waals surface area (Å²) in [5.41, 5.74) is 3.72. The van der Waals surface area contributed by atoms with E-state index in [0.717, 1.165) is 22.9 Å². The van der Waals surface area contributed by atoms with E-state index in [4.69, 9.17) is 0 Å². The van der Waals surface area contributed by atoms with Crippen molar-refractivity contribution in [3.8, 4) is 16.9 Å². The molecule has 0 radical (unpaired) electrons. The molecule has 2 heterocycles. The number of nitrogens with zero attached hydrogens (tertiary/aromatic N) is 5. The molecule has 0 saturated heterocycles. The number of nitrogens with one attached hydrogen (secondary N) is 2. The molecule has 8 nitrogen and oxygen atoms in total. The Labute approximate surface area is 225 Å². The largest absolute Gasteiger partial charge is 0.416 e. The van der Waals surface area contributed by atoms with Gasteiger partial charge in [0.05, 0.1) is 23.6 Å². The van der Waals surface area contributed by atoms with Crippen LogP contribution in [0.3, 0.4) is 0 Å². The van der Waals surface area contributed by atoms with Crippen LogP contribution in [0.4, 0.5) is 18.9 Å². The second kappa shape index (κ2) is 10.3. The summed E-state index contributed by atoms with van der Waals surface area (Å²) < 4.78 is 44.8. The van der Waals surface area contributed by atoms with Crippen molar-refractivity contribution in [3.05, 3.63) is 76.2 Å². The van der Waals surface area contributed by atoms with Crippen LogP contribution in [0.15, 0.2) is 42.7 Å². The highest BCUT2D eigenvalue weighted by atomic mass is 19.4. The van der Waals surface area contributed by atoms with Crippen LogP contribution in [0.25, 0.3) is 16.9 Å². The lowest BCUT2D eigenvalue weighted by Gasteiger charge is -2.23. The summed E-state index contributed by atoms with van der Waals surface area (Å²) in [6.07, 6.45) is -1.10. The average Bonchev–Trinajstić information content (AvgIpc) is 3.45. The normalized spacial score (nSPS) is 12.2. The van der Waals surface area contributed by atoms with Crippen LogP contribution in [0.2, 0.25) is 0 Å². The highest BCUT2D eigenvalue weighted by Crippen LogP contribution is 2.35. The van der Waals surface area contributed by atoms with Crippen molar-refractivity contribution >= 4 is 11.6 Å². The predicted octanol–water partition coefficient (Wildman–Crippen LogP) is 5.75. The lowest BCUT2D eigenvalue weighted by molar-refractivity contribution is -0.138. The van der Waals surface area contributed by atoms with E-state index < -0.39 is 17.6 Å². The third kappa shape index (κ3) is 6.19. The molecule has 4 rings (SSSR count). The quantitative estimate of drug-likeness (QED) is 0.326. The van der Waals surface area contributed by atoms with Crippen molar-refractivity contribution < 1.29 is 18.0 Å². The zero-order valence-electron chi connectivity index (χ0n) is 23.0. The molecule has 1 amide bonds. The molecule has 0 saturated carbocycles. The van der Waals surface area contributed by atoms with Crippen molar-refractivity contribution in [3.63, 3.8) is 0 Å². The molecular formula is C28H32F3N7O. The second-order valence-electron chi connectivity index (χ2n) is 10.7. The Morgan fingerprint density at radius 2 is 1.77 bits per heavy atom. The summed E-state index contributed by atoms with van der Waals surface area (Å²) in [6.45, 7) is 11.3. The molecule has 206 valence electrons. The number of carbonyl (C=O) groups excluding carboxylic acids is 1. The maximum Gasteiger partial charge on any atom is 0.416 e. The third-order valence-corrected chi connectivity index (χ3v) is 6.61. The van der Waals surface area contributed by atoms with Gasteiger partial charge >= 0.3 is 6.18 Å². The topological polar surface area (TPSA) is 89.7 Å². The Hall–Kier alpha value is -3.99. The van der Waals surface area contributed by atoms with Crippen molar-refractivity contribution in [1.82, 2.24) is 30.1 Å². The van der Waals surface area contributed by atoms with Gasteiger partial charge in [0.25, 0.3) is 5.91 Å². The molecule has 0 fully saturated rings. The molecule has 0 atom stereocenters. The predicted molar refractivity (Wildman–Crippen MR) is 144 cm³/mol. The van der Waals surface area contributed by atoms with Crippen LogP contribution >= 0.6 is 0 Å². The lowest BCUT2D eigenvalue weighted by atomic mass is 9.99. The number of aromatic nitrogens is 5. The Morgan fingerprint density at radius 3 is 2.38 bits per heavy atom. The Morgan fingerprint density at radius 1 is 1.05 bits per heavy atom. The summed E-state index contributed by atoms with van der Waals surface area (Å²) in [6, 6.07) is 7.58. The minimum absolute atomic E-state index is 0.0702. The van der Waals surface area contributed by atoms with E-state index in [0.29, 0.717) is 16.9 Å². The third-order valence-electron chi connectivity index (χ3n) is 6.61. The van der Waals surface area contributed by atoms with Gasteiger partial charge in [0.15, 0.2) is 0 Å². The number of halogens is 3. The zero-order valence-corrected chi connectivity index (χ0v) is 23.0. The van der Waals surface area contributed by atoms with Crippen molar-refractivity contribution in [1.29, 1.82) is 0 Å². The van der Waals surface area contributed by atoms with Crippen molar-refractivity contribution in [2.45, 2.75) is 59.8 Å². The van der Waals surface area contributed by atoms with Gasteiger partial charge in [0, 0.05) is 41.6 Å². The monoisotopic (exact) mass is 539 g/mol. The van der Waals surface area contributed by atoms with E-state index in [1.165, 1.54) is 6.92 Å². The average molecular weight is 540 g/mol. The maximum absolute atomic E-state index is 13.8. The van der Waals surface area contributed by atoms with Gasteiger partial charge in [-0.2, -0.15) is 18.3 Å². The minimum atomic E-state index is -4.56. The molecule has 4 aromatic rings. The number of rotatable bonds is 6. The first-order valence-corrected chi connectivity index (χ1v) is 12.4. The fourth-order valence-corrected chi connectivity index (χ4v) is 4.14. The van der Waals surface area contributed by atoms with E-state index >= 15 is 0 Å². The molecule has 0 aliphatic heterocycles. The summed E-state index contributed by atoms with van der Waals surface area (Å²) in [5, 5.41) is 18.6. The number of alkyl halides is 3. The number of anilines is 1. The van der Waals surface area contributed by atoms with Gasteiger partial charge in [-0.15, -0.1) is 5.10 Å². The standard InChI is InChI=1S/C28H32F3N7O/c1-16-8-9-19(11-25(16)38-15-24(35-36-38)22-14-33-37(7)18(22)3)26(39)34-21-10-20(13-32-27(4,5)6)17(2)23(12-21)28(29,30)31/h8-12,14-15,32H,13H2,1-7H3,(H,34,39). The number of carbonyl (C=O) groups is 1. The van der Waals surface area contributed by atoms with E-state index in [9.17, 15) is 18.0 Å². The first-order chi connectivity index (χ1) is 18.1. The van der Waals surface area contributed by atoms with Crippen LogP contribution in [0, 0.1) is 20.8 Å². The fraction of sp³-hybridized carbons (Fsp3) is 0.357. The molecule has 2 aromatic carbocycles. The van der Waals surface area contributed by atoms with E-state index in [1.807, 2.05) is 41.7 Å². The number of benzene rings is 2. The first-order valence-electron chi connectivity index (χ1n) is 12.4. The maximum atomic E-state index is 13.8. The van der Waals surface area contributed by atoms with Gasteiger partial charge in [0.1, 0.15) is 5.69 Å². The number of hydrogen-bond donors (Lipinski definition) is 2. The van der Waals surface area contributed by atoms with Crippen LogP contribution in [-0.4, -0.2) is 36.2 Å². The van der Waals surface area contributed by atoms with Crippen LogP contribution in [-0.2, 0) is 19.8 Å². The first kappa shape index (κ1) is 28.0. The Balaban J connectivity index is 1.64. The van der Waals surface area contributed by atoms with Crippen molar-refractivity contribution in [2.24, 2.45) is 7.05 Å². The van der Waals surface area contributed by atoms with Gasteiger partial charge in [0.2, 0.25) is 0 Å². The number of aryl methyl sites for hydroxylation is 2. The lowest BCUT2D eigenvalue weighted by Crippen LogP contribution is -2.35. The molecule has 0 aliphatic rings. The fourth-order valence-electron chi connectivity index (χ4n) is 4.14. The molecule has 39 heavy (non-hydrogen) atoms. The molecule has 0 unspecified atom stereocenters. The SMILES string of the molecule is Cc1ccc(C(=O)Nc2cc(CNC(C)(C)C)c(C)c(C(F)(F)F)c2)cc1-n1cc(-c2cnn(C)c2C)nn1. The van der Waals surface area contributed by atoms with Gasteiger partial charge < -0.3 is 10.6 Å². The number of hydrogen-bond acceptors (Lipinski definition) is 5. The van der Waals surface area contributed by atoms with E-state index in [1.54, 1.807) is 46.0 Å². The second-order valence-corrected chi connectivity index (χ2v) is 10.7. The molecule has 2 aromatic heterocycles. The summed E-state index contributed by atoms with van der Waals surface area (Å²) in [5.74, 6) is -0.536. The molecule has 0 bridgehead atoms. The summed E-state index contributed by atoms with van der Waals surface area (Å²) >= 11 is 0. The Kier molecular flexibility index (Phi) is 7.40. The smallest absolute Gasteiger partial charge is 0.322 e. The van der Waals surface area contributed by atoms with Gasteiger partial charge in [-0.1, -0.05) is 11.3 Å². The molecular weight excluding hydrogens is 507 g/mol. The summed E-state index contributed by atoms with van der Waals surface area (Å²) in [7, 11) is 1.84. The van der Waals surface area contributed by atoms with Gasteiger partial charge in [-0.25, -0.2) is 4.68 Å². The zero-order chi connectivity index (χ0) is 28.7. The van der Waals surface area contributed by atoms with Gasteiger partial charge in [-0.05, 0) is 82.5 Å². The van der Waals surface area contributed by atoms with Crippen LogP contribution in [0.1, 0.15) is 59.1 Å². The van der Waals surface area contributed by atoms with E-state index in [2.05, 4.69) is 26.0 Å². The minimum Gasteiger partial charge on any atom is -0.322 e. The molecule has 11 heteroatoms. The number of amides is 1. The van der Waals surface area contributed by atoms with E-state index in [-0.39, 0.29) is 28.9 Å². The summed E-state index contributed by atoms with van der Waals surface area (Å²) in [4.78, 5) is 13.2. The molecule has 2 N–H and O–H groups in total.